The smallest absolute Gasteiger partial charge is 0.302 e. The van der Waals surface area contributed by atoms with Crippen LogP contribution in [0.5, 0.6) is 0 Å². The van der Waals surface area contributed by atoms with Gasteiger partial charge in [0.25, 0.3) is 0 Å². The lowest BCUT2D eigenvalue weighted by Gasteiger charge is -2.63. The Bertz CT molecular complexity index is 895. The van der Waals surface area contributed by atoms with Crippen LogP contribution in [0.4, 0.5) is 0 Å². The molecule has 33 heavy (non-hydrogen) atoms. The molecule has 4 nitrogen and oxygen atoms in total. The van der Waals surface area contributed by atoms with Crippen molar-refractivity contribution in [2.45, 2.75) is 104 Å². The number of hydrogen-bond acceptors (Lipinski definition) is 4. The van der Waals surface area contributed by atoms with Crippen LogP contribution in [0.3, 0.4) is 0 Å². The molecule has 6 aliphatic rings. The van der Waals surface area contributed by atoms with Crippen molar-refractivity contribution >= 4 is 5.97 Å². The first kappa shape index (κ1) is 22.3. The van der Waals surface area contributed by atoms with Gasteiger partial charge in [0.15, 0.2) is 5.79 Å². The zero-order chi connectivity index (χ0) is 23.2. The molecular formula is C29H42O4. The third kappa shape index (κ3) is 3.05. The molecule has 4 fully saturated rings. The Morgan fingerprint density at radius 1 is 1.12 bits per heavy atom. The van der Waals surface area contributed by atoms with E-state index in [1.807, 2.05) is 0 Å². The Labute approximate surface area is 199 Å². The van der Waals surface area contributed by atoms with Crippen LogP contribution in [-0.2, 0) is 19.0 Å². The number of ether oxygens (including phenoxy) is 3. The van der Waals surface area contributed by atoms with Gasteiger partial charge in [-0.25, -0.2) is 0 Å². The molecule has 0 unspecified atom stereocenters. The molecule has 4 aliphatic carbocycles. The topological polar surface area (TPSA) is 44.8 Å². The molecule has 0 aromatic heterocycles. The lowest BCUT2D eigenvalue weighted by atomic mass is 9.47. The summed E-state index contributed by atoms with van der Waals surface area (Å²) in [5.41, 5.74) is 3.68. The lowest BCUT2D eigenvalue weighted by Crippen LogP contribution is -2.63. The summed E-state index contributed by atoms with van der Waals surface area (Å²) in [7, 11) is 0. The van der Waals surface area contributed by atoms with Gasteiger partial charge >= 0.3 is 5.97 Å². The summed E-state index contributed by atoms with van der Waals surface area (Å²) in [6, 6.07) is 0. The van der Waals surface area contributed by atoms with Crippen molar-refractivity contribution in [1.29, 1.82) is 0 Å². The van der Waals surface area contributed by atoms with Crippen molar-refractivity contribution in [2.75, 3.05) is 6.61 Å². The van der Waals surface area contributed by atoms with Gasteiger partial charge in [0.05, 0.1) is 12.7 Å². The van der Waals surface area contributed by atoms with Gasteiger partial charge in [-0.05, 0) is 79.6 Å². The van der Waals surface area contributed by atoms with E-state index in [1.54, 1.807) is 18.1 Å². The Morgan fingerprint density at radius 2 is 1.94 bits per heavy atom. The molecule has 0 aromatic carbocycles. The number of rotatable bonds is 1. The van der Waals surface area contributed by atoms with E-state index in [-0.39, 0.29) is 29.0 Å². The minimum absolute atomic E-state index is 0.0844. The van der Waals surface area contributed by atoms with Gasteiger partial charge in [-0.1, -0.05) is 45.4 Å². The monoisotopic (exact) mass is 454 g/mol. The van der Waals surface area contributed by atoms with Crippen molar-refractivity contribution in [3.63, 3.8) is 0 Å². The summed E-state index contributed by atoms with van der Waals surface area (Å²) in [5, 5.41) is 0. The van der Waals surface area contributed by atoms with Crippen molar-refractivity contribution in [3.8, 4) is 0 Å². The summed E-state index contributed by atoms with van der Waals surface area (Å²) in [6.45, 7) is 12.1. The molecule has 2 saturated heterocycles. The Hall–Kier alpha value is -1.13. The van der Waals surface area contributed by atoms with Crippen molar-refractivity contribution < 1.29 is 19.0 Å². The molecule has 182 valence electrons. The van der Waals surface area contributed by atoms with Crippen LogP contribution in [0, 0.1) is 40.4 Å². The maximum atomic E-state index is 11.6. The first-order chi connectivity index (χ1) is 15.7. The quantitative estimate of drug-likeness (QED) is 0.442. The van der Waals surface area contributed by atoms with Crippen LogP contribution < -0.4 is 0 Å². The first-order valence-corrected chi connectivity index (χ1v) is 13.6. The molecule has 1 spiro atoms. The van der Waals surface area contributed by atoms with Crippen LogP contribution in [0.1, 0.15) is 86.0 Å². The SMILES string of the molecule is CC(=O)O[C@H]1CC[C@@]2(C)[C@@H](CCC3=C4C=C[C@H]5[C@H](C)[C@@]6(CC[C@@H](C)CO6)O[C@@H](C[C@@H]32)[C@@]45C)C1. The van der Waals surface area contributed by atoms with Gasteiger partial charge in [0.1, 0.15) is 6.10 Å². The summed E-state index contributed by atoms with van der Waals surface area (Å²) in [5.74, 6) is 2.15. The number of carbonyl (C=O) groups excluding carboxylic acids is 1. The fourth-order valence-electron chi connectivity index (χ4n) is 9.14. The molecular weight excluding hydrogens is 412 g/mol. The average Bonchev–Trinajstić information content (AvgIpc) is 3.13. The molecule has 6 rings (SSSR count). The highest BCUT2D eigenvalue weighted by Gasteiger charge is 2.65. The van der Waals surface area contributed by atoms with E-state index in [9.17, 15) is 4.79 Å². The average molecular weight is 455 g/mol. The molecule has 2 heterocycles. The highest BCUT2D eigenvalue weighted by molar-refractivity contribution is 5.66. The number of fused-ring (bicyclic) bond motifs is 3. The van der Waals surface area contributed by atoms with E-state index in [4.69, 9.17) is 14.2 Å². The third-order valence-electron chi connectivity index (χ3n) is 11.2. The van der Waals surface area contributed by atoms with E-state index >= 15 is 0 Å². The van der Waals surface area contributed by atoms with Gasteiger partial charge in [-0.3, -0.25) is 4.79 Å². The molecule has 0 aromatic rings. The summed E-state index contributed by atoms with van der Waals surface area (Å²) < 4.78 is 19.4. The zero-order valence-electron chi connectivity index (χ0n) is 21.2. The van der Waals surface area contributed by atoms with Crippen LogP contribution in [0.25, 0.3) is 0 Å². The number of carbonyl (C=O) groups is 1. The minimum Gasteiger partial charge on any atom is -0.463 e. The van der Waals surface area contributed by atoms with Crippen LogP contribution >= 0.6 is 0 Å². The lowest BCUT2D eigenvalue weighted by molar-refractivity contribution is -0.356. The second-order valence-electron chi connectivity index (χ2n) is 12.8. The second-order valence-corrected chi connectivity index (χ2v) is 12.8. The zero-order valence-corrected chi connectivity index (χ0v) is 21.2. The predicted molar refractivity (Wildman–Crippen MR) is 127 cm³/mol. The summed E-state index contributed by atoms with van der Waals surface area (Å²) >= 11 is 0. The van der Waals surface area contributed by atoms with E-state index < -0.39 is 5.79 Å². The van der Waals surface area contributed by atoms with E-state index in [2.05, 4.69) is 39.8 Å². The number of esters is 1. The van der Waals surface area contributed by atoms with Crippen molar-refractivity contribution in [1.82, 2.24) is 0 Å². The third-order valence-corrected chi connectivity index (χ3v) is 11.2. The van der Waals surface area contributed by atoms with Gasteiger partial charge in [0, 0.05) is 24.7 Å². The highest BCUT2D eigenvalue weighted by atomic mass is 16.7. The molecule has 4 heteroatoms. The maximum Gasteiger partial charge on any atom is 0.302 e. The molecule has 0 amide bonds. The minimum atomic E-state index is -0.416. The van der Waals surface area contributed by atoms with Gasteiger partial charge in [-0.2, -0.15) is 0 Å². The summed E-state index contributed by atoms with van der Waals surface area (Å²) in [6.07, 6.45) is 14.2. The molecule has 0 bridgehead atoms. The normalized spacial score (nSPS) is 52.8. The Morgan fingerprint density at radius 3 is 2.67 bits per heavy atom. The van der Waals surface area contributed by atoms with Crippen LogP contribution in [0.15, 0.2) is 23.3 Å². The molecule has 0 radical (unpaired) electrons. The molecule has 2 aliphatic heterocycles. The largest absolute Gasteiger partial charge is 0.463 e. The van der Waals surface area contributed by atoms with E-state index in [0.717, 1.165) is 38.7 Å². The highest BCUT2D eigenvalue weighted by Crippen LogP contribution is 2.68. The standard InChI is InChI=1S/C29H42O4/c1-17-10-13-29(31-16-17)18(2)23-8-9-24-22-7-6-20-14-21(32-19(3)30)11-12-27(20,4)25(22)15-26(33-29)28(23,24)5/h8-9,17-18,20-21,23,25-26H,6-7,10-16H2,1-5H3/t17-,18+,20+,21+,23+,25+,26+,27+,28-,29-/m1/s1. The van der Waals surface area contributed by atoms with Crippen LogP contribution in [0.2, 0.25) is 0 Å². The van der Waals surface area contributed by atoms with Crippen molar-refractivity contribution in [2.24, 2.45) is 40.4 Å². The molecule has 2 saturated carbocycles. The maximum absolute atomic E-state index is 11.6. The van der Waals surface area contributed by atoms with Gasteiger partial charge in [0.2, 0.25) is 0 Å². The first-order valence-electron chi connectivity index (χ1n) is 13.6. The van der Waals surface area contributed by atoms with Crippen LogP contribution in [-0.4, -0.2) is 30.6 Å². The molecule has 10 atom stereocenters. The fourth-order valence-corrected chi connectivity index (χ4v) is 9.14. The van der Waals surface area contributed by atoms with Crippen molar-refractivity contribution in [3.05, 3.63) is 23.3 Å². The molecule has 0 N–H and O–H groups in total. The van der Waals surface area contributed by atoms with Gasteiger partial charge < -0.3 is 14.2 Å². The van der Waals surface area contributed by atoms with Gasteiger partial charge in [-0.15, -0.1) is 0 Å². The predicted octanol–water partition coefficient (Wildman–Crippen LogP) is 6.20. The fraction of sp³-hybridized carbons (Fsp3) is 0.828. The number of allylic oxidation sites excluding steroid dienone is 3. The number of hydrogen-bond donors (Lipinski definition) is 0. The summed E-state index contributed by atoms with van der Waals surface area (Å²) in [4.78, 5) is 11.6. The second kappa shape index (κ2) is 7.43. The Kier molecular flexibility index (Phi) is 5.03. The van der Waals surface area contributed by atoms with E-state index in [1.165, 1.54) is 19.3 Å². The Balaban J connectivity index is 1.34. The van der Waals surface area contributed by atoms with E-state index in [0.29, 0.717) is 29.6 Å².